The van der Waals surface area contributed by atoms with E-state index in [0.29, 0.717) is 24.8 Å². The molecule has 1 atom stereocenters. The summed E-state index contributed by atoms with van der Waals surface area (Å²) in [5.41, 5.74) is 6.32. The number of hydrogen-bond acceptors (Lipinski definition) is 5. The third kappa shape index (κ3) is 5.98. The normalized spacial score (nSPS) is 12.8. The number of ether oxygens (including phenoxy) is 2. The molecule has 7 heteroatoms. The number of amidine groups is 1. The Balaban J connectivity index is 2.70. The van der Waals surface area contributed by atoms with Crippen molar-refractivity contribution in [2.45, 2.75) is 33.7 Å². The zero-order valence-corrected chi connectivity index (χ0v) is 14.7. The number of carbonyl (C=O) groups excluding carboxylic acids is 1. The predicted molar refractivity (Wildman–Crippen MR) is 92.3 cm³/mol. The van der Waals surface area contributed by atoms with Gasteiger partial charge in [0.25, 0.3) is 0 Å². The Bertz CT molecular complexity index is 543. The van der Waals surface area contributed by atoms with E-state index in [0.717, 1.165) is 5.56 Å². The molecule has 1 amide bonds. The Morgan fingerprint density at radius 2 is 1.92 bits per heavy atom. The van der Waals surface area contributed by atoms with Crippen molar-refractivity contribution in [3.63, 3.8) is 0 Å². The van der Waals surface area contributed by atoms with Gasteiger partial charge < -0.3 is 25.3 Å². The van der Waals surface area contributed by atoms with Gasteiger partial charge in [-0.25, -0.2) is 4.79 Å². The first kappa shape index (κ1) is 19.6. The number of amides is 1. The van der Waals surface area contributed by atoms with Crippen LogP contribution in [0.15, 0.2) is 29.4 Å². The van der Waals surface area contributed by atoms with Gasteiger partial charge in [0.2, 0.25) is 0 Å². The lowest BCUT2D eigenvalue weighted by Gasteiger charge is -2.28. The van der Waals surface area contributed by atoms with E-state index in [4.69, 9.17) is 20.4 Å². The largest absolute Gasteiger partial charge is 0.486 e. The van der Waals surface area contributed by atoms with Gasteiger partial charge in [-0.3, -0.25) is 0 Å². The Kier molecular flexibility index (Phi) is 7.88. The first-order chi connectivity index (χ1) is 11.4. The van der Waals surface area contributed by atoms with E-state index in [9.17, 15) is 4.79 Å². The van der Waals surface area contributed by atoms with Gasteiger partial charge in [0.15, 0.2) is 5.84 Å². The topological polar surface area (TPSA) is 97.4 Å². The van der Waals surface area contributed by atoms with Crippen LogP contribution in [0.5, 0.6) is 5.75 Å². The van der Waals surface area contributed by atoms with Gasteiger partial charge in [-0.15, -0.1) is 0 Å². The number of nitrogens with two attached hydrogens (primary N) is 1. The second kappa shape index (κ2) is 9.64. The second-order valence-electron chi connectivity index (χ2n) is 5.88. The minimum Gasteiger partial charge on any atom is -0.486 e. The molecule has 0 aliphatic heterocycles. The molecule has 1 rings (SSSR count). The Labute approximate surface area is 143 Å². The SMILES string of the molecule is CCN(C(=O)OCC(C)C)[C@H](C)c1ccc(OC/C(N)=N\O)cc1. The first-order valence-electron chi connectivity index (χ1n) is 8.01. The number of oxime groups is 1. The molecule has 0 spiro atoms. The van der Waals surface area contributed by atoms with Crippen LogP contribution in [0, 0.1) is 5.92 Å². The van der Waals surface area contributed by atoms with Crippen LogP contribution < -0.4 is 10.5 Å². The fourth-order valence-electron chi connectivity index (χ4n) is 2.09. The van der Waals surface area contributed by atoms with Crippen molar-refractivity contribution in [1.29, 1.82) is 0 Å². The molecular formula is C17H27N3O4. The predicted octanol–water partition coefficient (Wildman–Crippen LogP) is 2.99. The lowest BCUT2D eigenvalue weighted by molar-refractivity contribution is 0.0816. The molecule has 0 aliphatic carbocycles. The molecule has 1 aromatic carbocycles. The Morgan fingerprint density at radius 1 is 1.29 bits per heavy atom. The average molecular weight is 337 g/mol. The molecule has 3 N–H and O–H groups in total. The molecule has 24 heavy (non-hydrogen) atoms. The maximum Gasteiger partial charge on any atom is 0.410 e. The number of nitrogens with zero attached hydrogens (tertiary/aromatic N) is 2. The summed E-state index contributed by atoms with van der Waals surface area (Å²) in [4.78, 5) is 13.9. The fourth-order valence-corrected chi connectivity index (χ4v) is 2.09. The van der Waals surface area contributed by atoms with Gasteiger partial charge in [-0.1, -0.05) is 31.1 Å². The Morgan fingerprint density at radius 3 is 2.42 bits per heavy atom. The molecular weight excluding hydrogens is 310 g/mol. The van der Waals surface area contributed by atoms with Crippen LogP contribution in [-0.4, -0.2) is 41.8 Å². The van der Waals surface area contributed by atoms with Gasteiger partial charge in [-0.05, 0) is 37.5 Å². The highest BCUT2D eigenvalue weighted by Gasteiger charge is 2.21. The summed E-state index contributed by atoms with van der Waals surface area (Å²) >= 11 is 0. The zero-order valence-electron chi connectivity index (χ0n) is 14.7. The fraction of sp³-hybridized carbons (Fsp3) is 0.529. The van der Waals surface area contributed by atoms with Crippen molar-refractivity contribution in [1.82, 2.24) is 4.90 Å². The quantitative estimate of drug-likeness (QED) is 0.329. The third-order valence-corrected chi connectivity index (χ3v) is 3.46. The van der Waals surface area contributed by atoms with Crippen LogP contribution in [0.3, 0.4) is 0 Å². The highest BCUT2D eigenvalue weighted by Crippen LogP contribution is 2.23. The van der Waals surface area contributed by atoms with Crippen LogP contribution in [0.1, 0.15) is 39.3 Å². The molecule has 0 radical (unpaired) electrons. The third-order valence-electron chi connectivity index (χ3n) is 3.46. The van der Waals surface area contributed by atoms with Crippen molar-refractivity contribution >= 4 is 11.9 Å². The highest BCUT2D eigenvalue weighted by atomic mass is 16.6. The van der Waals surface area contributed by atoms with Crippen LogP contribution in [-0.2, 0) is 4.74 Å². The van der Waals surface area contributed by atoms with Gasteiger partial charge in [0, 0.05) is 6.54 Å². The number of rotatable bonds is 8. The van der Waals surface area contributed by atoms with Crippen molar-refractivity contribution in [3.05, 3.63) is 29.8 Å². The van der Waals surface area contributed by atoms with Crippen LogP contribution >= 0.6 is 0 Å². The molecule has 0 saturated heterocycles. The van der Waals surface area contributed by atoms with E-state index in [2.05, 4.69) is 5.16 Å². The van der Waals surface area contributed by atoms with Gasteiger partial charge in [-0.2, -0.15) is 0 Å². The molecule has 0 fully saturated rings. The lowest BCUT2D eigenvalue weighted by Crippen LogP contribution is -2.34. The summed E-state index contributed by atoms with van der Waals surface area (Å²) in [6.45, 7) is 8.84. The van der Waals surface area contributed by atoms with Crippen molar-refractivity contribution in [2.24, 2.45) is 16.8 Å². The molecule has 0 aromatic heterocycles. The number of carbonyl (C=O) groups is 1. The molecule has 0 aliphatic rings. The summed E-state index contributed by atoms with van der Waals surface area (Å²) < 4.78 is 10.7. The summed E-state index contributed by atoms with van der Waals surface area (Å²) in [5.74, 6) is 0.898. The summed E-state index contributed by atoms with van der Waals surface area (Å²) in [5, 5.41) is 11.3. The van der Waals surface area contributed by atoms with Gasteiger partial charge in [0.05, 0.1) is 12.6 Å². The summed E-state index contributed by atoms with van der Waals surface area (Å²) in [6, 6.07) is 7.20. The summed E-state index contributed by atoms with van der Waals surface area (Å²) in [7, 11) is 0. The maximum atomic E-state index is 12.2. The van der Waals surface area contributed by atoms with E-state index in [-0.39, 0.29) is 24.6 Å². The van der Waals surface area contributed by atoms with E-state index in [1.165, 1.54) is 0 Å². The number of benzene rings is 1. The standard InChI is InChI=1S/C17H27N3O4/c1-5-20(17(21)24-10-12(2)3)13(4)14-6-8-15(9-7-14)23-11-16(18)19-22/h6-9,12-13,22H,5,10-11H2,1-4H3,(H2,18,19)/t13-/m1/s1. The van der Waals surface area contributed by atoms with E-state index >= 15 is 0 Å². The lowest BCUT2D eigenvalue weighted by atomic mass is 10.1. The molecule has 0 heterocycles. The minimum absolute atomic E-state index is 0.00231. The molecule has 1 aromatic rings. The molecule has 0 unspecified atom stereocenters. The van der Waals surface area contributed by atoms with Crippen LogP contribution in [0.2, 0.25) is 0 Å². The minimum atomic E-state index is -0.314. The van der Waals surface area contributed by atoms with E-state index in [1.54, 1.807) is 17.0 Å². The molecule has 134 valence electrons. The van der Waals surface area contributed by atoms with Crippen molar-refractivity contribution in [2.75, 3.05) is 19.8 Å². The van der Waals surface area contributed by atoms with Crippen molar-refractivity contribution < 1.29 is 19.5 Å². The van der Waals surface area contributed by atoms with Crippen molar-refractivity contribution in [3.8, 4) is 5.75 Å². The maximum absolute atomic E-state index is 12.2. The monoisotopic (exact) mass is 337 g/mol. The van der Waals surface area contributed by atoms with E-state index < -0.39 is 0 Å². The Hall–Kier alpha value is -2.44. The summed E-state index contributed by atoms with van der Waals surface area (Å²) in [6.07, 6.45) is -0.314. The highest BCUT2D eigenvalue weighted by molar-refractivity contribution is 5.81. The first-order valence-corrected chi connectivity index (χ1v) is 8.01. The van der Waals surface area contributed by atoms with Gasteiger partial charge >= 0.3 is 6.09 Å². The smallest absolute Gasteiger partial charge is 0.410 e. The van der Waals surface area contributed by atoms with Crippen LogP contribution in [0.25, 0.3) is 0 Å². The van der Waals surface area contributed by atoms with Crippen LogP contribution in [0.4, 0.5) is 4.79 Å². The molecule has 0 saturated carbocycles. The zero-order chi connectivity index (χ0) is 18.1. The molecule has 7 nitrogen and oxygen atoms in total. The molecule has 0 bridgehead atoms. The van der Waals surface area contributed by atoms with E-state index in [1.807, 2.05) is 39.8 Å². The van der Waals surface area contributed by atoms with Gasteiger partial charge in [0.1, 0.15) is 12.4 Å². The number of hydrogen-bond donors (Lipinski definition) is 2. The second-order valence-corrected chi connectivity index (χ2v) is 5.88. The average Bonchev–Trinajstić information content (AvgIpc) is 2.58.